The fourth-order valence-corrected chi connectivity index (χ4v) is 3.15. The molecular formula is C18H27ClN2O3. The lowest BCUT2D eigenvalue weighted by molar-refractivity contribution is -0.120. The molecule has 1 aliphatic heterocycles. The van der Waals surface area contributed by atoms with Gasteiger partial charge in [-0.2, -0.15) is 0 Å². The maximum atomic E-state index is 12.3. The first kappa shape index (κ1) is 18.9. The van der Waals surface area contributed by atoms with E-state index in [0.717, 1.165) is 12.0 Å². The van der Waals surface area contributed by atoms with E-state index in [1.807, 2.05) is 20.2 Å². The van der Waals surface area contributed by atoms with Crippen molar-refractivity contribution in [2.24, 2.45) is 5.92 Å². The molecule has 0 bridgehead atoms. The van der Waals surface area contributed by atoms with Crippen LogP contribution in [0.25, 0.3) is 0 Å². The van der Waals surface area contributed by atoms with Crippen molar-refractivity contribution in [3.05, 3.63) is 22.7 Å². The van der Waals surface area contributed by atoms with Gasteiger partial charge in [0.15, 0.2) is 11.5 Å². The van der Waals surface area contributed by atoms with Crippen LogP contribution < -0.4 is 14.8 Å². The van der Waals surface area contributed by atoms with E-state index in [2.05, 4.69) is 24.1 Å². The van der Waals surface area contributed by atoms with Gasteiger partial charge in [-0.25, -0.2) is 0 Å². The minimum absolute atomic E-state index is 0.0203. The van der Waals surface area contributed by atoms with Crippen molar-refractivity contribution in [2.45, 2.75) is 32.7 Å². The quantitative estimate of drug-likeness (QED) is 0.853. The molecule has 1 unspecified atom stereocenters. The van der Waals surface area contributed by atoms with Gasteiger partial charge in [-0.1, -0.05) is 25.4 Å². The Hall–Kier alpha value is -1.46. The van der Waals surface area contributed by atoms with Crippen LogP contribution in [0.15, 0.2) is 12.1 Å². The third kappa shape index (κ3) is 5.02. The predicted octanol–water partition coefficient (Wildman–Crippen LogP) is 2.75. The molecule has 5 nitrogen and oxygen atoms in total. The molecule has 6 heteroatoms. The van der Waals surface area contributed by atoms with Gasteiger partial charge in [-0.3, -0.25) is 4.79 Å². The number of nitrogens with one attached hydrogen (secondary N) is 1. The third-order valence-electron chi connectivity index (χ3n) is 4.17. The third-order valence-corrected chi connectivity index (χ3v) is 4.45. The van der Waals surface area contributed by atoms with Crippen LogP contribution in [0.3, 0.4) is 0 Å². The summed E-state index contributed by atoms with van der Waals surface area (Å²) in [5, 5.41) is 3.50. The van der Waals surface area contributed by atoms with Crippen molar-refractivity contribution in [3.8, 4) is 11.5 Å². The first-order chi connectivity index (χ1) is 11.4. The van der Waals surface area contributed by atoms with Gasteiger partial charge in [0.1, 0.15) is 0 Å². The van der Waals surface area contributed by atoms with Gasteiger partial charge in [-0.15, -0.1) is 0 Å². The molecule has 1 amide bonds. The molecule has 1 aromatic rings. The van der Waals surface area contributed by atoms with Crippen molar-refractivity contribution in [1.82, 2.24) is 10.2 Å². The van der Waals surface area contributed by atoms with Gasteiger partial charge in [-0.05, 0) is 37.7 Å². The highest BCUT2D eigenvalue weighted by molar-refractivity contribution is 6.32. The van der Waals surface area contributed by atoms with Crippen molar-refractivity contribution in [1.29, 1.82) is 0 Å². The number of hydrogen-bond acceptors (Lipinski definition) is 4. The number of likely N-dealkylation sites (N-methyl/N-ethyl adjacent to an activating group) is 1. The molecule has 1 aliphatic rings. The fraction of sp³-hybridized carbons (Fsp3) is 0.611. The Balaban J connectivity index is 1.99. The number of benzene rings is 1. The van der Waals surface area contributed by atoms with Crippen LogP contribution in [0, 0.1) is 5.92 Å². The number of carbonyl (C=O) groups is 1. The Morgan fingerprint density at radius 3 is 2.67 bits per heavy atom. The van der Waals surface area contributed by atoms with E-state index in [-0.39, 0.29) is 12.3 Å². The molecule has 1 aromatic carbocycles. The molecule has 0 aliphatic carbocycles. The molecule has 0 saturated carbocycles. The van der Waals surface area contributed by atoms with Crippen LogP contribution in [0.4, 0.5) is 0 Å². The molecule has 134 valence electrons. The zero-order valence-corrected chi connectivity index (χ0v) is 15.7. The van der Waals surface area contributed by atoms with Crippen molar-refractivity contribution in [2.75, 3.05) is 33.9 Å². The van der Waals surface area contributed by atoms with Crippen molar-refractivity contribution >= 4 is 17.5 Å². The maximum Gasteiger partial charge on any atom is 0.224 e. The van der Waals surface area contributed by atoms with Gasteiger partial charge < -0.3 is 19.7 Å². The molecule has 2 rings (SSSR count). The Labute approximate surface area is 149 Å². The summed E-state index contributed by atoms with van der Waals surface area (Å²) < 4.78 is 11.3. The number of fused-ring (bicyclic) bond motifs is 1. The number of amides is 1. The Kier molecular flexibility index (Phi) is 6.75. The standard InChI is InChI=1S/C18H27ClN2O3/c1-12(2)15(21(3)4)11-20-17(22)10-13-8-14(19)18-16(9-13)23-6-5-7-24-18/h8-9,12,15H,5-7,10-11H2,1-4H3,(H,20,22). The van der Waals surface area contributed by atoms with Crippen LogP contribution in [0.2, 0.25) is 5.02 Å². The highest BCUT2D eigenvalue weighted by atomic mass is 35.5. The summed E-state index contributed by atoms with van der Waals surface area (Å²) in [4.78, 5) is 14.4. The molecule has 0 spiro atoms. The Bertz CT molecular complexity index is 568. The lowest BCUT2D eigenvalue weighted by Crippen LogP contribution is -2.43. The summed E-state index contributed by atoms with van der Waals surface area (Å²) in [6.45, 7) is 6.12. The summed E-state index contributed by atoms with van der Waals surface area (Å²) in [5.74, 6) is 1.64. The van der Waals surface area contributed by atoms with E-state index in [4.69, 9.17) is 21.1 Å². The largest absolute Gasteiger partial charge is 0.489 e. The number of ether oxygens (including phenoxy) is 2. The average molecular weight is 355 g/mol. The first-order valence-electron chi connectivity index (χ1n) is 8.39. The van der Waals surface area contributed by atoms with Gasteiger partial charge >= 0.3 is 0 Å². The normalized spacial score (nSPS) is 15.3. The molecule has 1 atom stereocenters. The van der Waals surface area contributed by atoms with Crippen LogP contribution in [0.1, 0.15) is 25.8 Å². The molecule has 1 heterocycles. The van der Waals surface area contributed by atoms with Gasteiger partial charge in [0, 0.05) is 19.0 Å². The fourth-order valence-electron chi connectivity index (χ4n) is 2.87. The minimum Gasteiger partial charge on any atom is -0.489 e. The summed E-state index contributed by atoms with van der Waals surface area (Å²) in [7, 11) is 4.06. The van der Waals surface area contributed by atoms with Crippen LogP contribution >= 0.6 is 11.6 Å². The monoisotopic (exact) mass is 354 g/mol. The smallest absolute Gasteiger partial charge is 0.224 e. The second-order valence-electron chi connectivity index (χ2n) is 6.71. The van der Waals surface area contributed by atoms with E-state index in [1.165, 1.54) is 0 Å². The highest BCUT2D eigenvalue weighted by Gasteiger charge is 2.19. The van der Waals surface area contributed by atoms with Gasteiger partial charge in [0.2, 0.25) is 5.91 Å². The lowest BCUT2D eigenvalue weighted by Gasteiger charge is -2.28. The van der Waals surface area contributed by atoms with E-state index >= 15 is 0 Å². The average Bonchev–Trinajstić information content (AvgIpc) is 2.72. The summed E-state index contributed by atoms with van der Waals surface area (Å²) in [6.07, 6.45) is 1.09. The second-order valence-corrected chi connectivity index (χ2v) is 7.12. The van der Waals surface area contributed by atoms with E-state index in [9.17, 15) is 4.79 Å². The highest BCUT2D eigenvalue weighted by Crippen LogP contribution is 2.38. The first-order valence-corrected chi connectivity index (χ1v) is 8.77. The number of rotatable bonds is 6. The van der Waals surface area contributed by atoms with E-state index in [1.54, 1.807) is 6.07 Å². The van der Waals surface area contributed by atoms with E-state index < -0.39 is 0 Å². The summed E-state index contributed by atoms with van der Waals surface area (Å²) in [5.41, 5.74) is 0.827. The van der Waals surface area contributed by atoms with Crippen LogP contribution in [-0.4, -0.2) is 50.7 Å². The molecule has 1 N–H and O–H groups in total. The second kappa shape index (κ2) is 8.58. The van der Waals surface area contributed by atoms with Crippen molar-refractivity contribution in [3.63, 3.8) is 0 Å². The number of carbonyl (C=O) groups excluding carboxylic acids is 1. The number of halogens is 1. The van der Waals surface area contributed by atoms with Gasteiger partial charge in [0.05, 0.1) is 24.7 Å². The van der Waals surface area contributed by atoms with Crippen LogP contribution in [-0.2, 0) is 11.2 Å². The molecular weight excluding hydrogens is 328 g/mol. The Morgan fingerprint density at radius 1 is 1.29 bits per heavy atom. The van der Waals surface area contributed by atoms with Crippen molar-refractivity contribution < 1.29 is 14.3 Å². The minimum atomic E-state index is -0.0203. The van der Waals surface area contributed by atoms with Crippen LogP contribution in [0.5, 0.6) is 11.5 Å². The molecule has 24 heavy (non-hydrogen) atoms. The summed E-state index contributed by atoms with van der Waals surface area (Å²) >= 11 is 6.27. The number of hydrogen-bond donors (Lipinski definition) is 1. The molecule has 0 aromatic heterocycles. The topological polar surface area (TPSA) is 50.8 Å². The predicted molar refractivity (Wildman–Crippen MR) is 96.1 cm³/mol. The lowest BCUT2D eigenvalue weighted by atomic mass is 10.0. The zero-order valence-electron chi connectivity index (χ0n) is 14.9. The number of nitrogens with zero attached hydrogens (tertiary/aromatic N) is 1. The molecule has 0 radical (unpaired) electrons. The van der Waals surface area contributed by atoms with E-state index in [0.29, 0.717) is 48.2 Å². The summed E-state index contributed by atoms with van der Waals surface area (Å²) in [6, 6.07) is 3.93. The van der Waals surface area contributed by atoms with Gasteiger partial charge in [0.25, 0.3) is 0 Å². The SMILES string of the molecule is CC(C)C(CNC(=O)Cc1cc(Cl)c2c(c1)OCCCO2)N(C)C. The Morgan fingerprint density at radius 2 is 2.00 bits per heavy atom. The maximum absolute atomic E-state index is 12.3. The zero-order chi connectivity index (χ0) is 17.7. The molecule has 0 saturated heterocycles. The molecule has 0 fully saturated rings.